The number of carboxylic acid groups (broad SMARTS) is 6. The molecule has 58 heavy (non-hydrogen) atoms. The van der Waals surface area contributed by atoms with E-state index in [-0.39, 0.29) is 44.5 Å². The molecule has 0 saturated carbocycles. The third-order valence-electron chi connectivity index (χ3n) is 10.2. The Morgan fingerprint density at radius 2 is 0.534 bits per heavy atom. The molecule has 8 aromatic rings. The zero-order valence-corrected chi connectivity index (χ0v) is 29.7. The number of hydrogen-bond acceptors (Lipinski definition) is 6. The van der Waals surface area contributed by atoms with Gasteiger partial charge in [0.1, 0.15) is 0 Å². The first-order chi connectivity index (χ1) is 27.7. The normalized spacial score (nSPS) is 11.2. The van der Waals surface area contributed by atoms with Gasteiger partial charge < -0.3 is 30.6 Å². The van der Waals surface area contributed by atoms with Crippen LogP contribution in [0.2, 0.25) is 0 Å². The Bertz CT molecular complexity index is 2870. The molecular formula is C46H26O12. The van der Waals surface area contributed by atoms with Gasteiger partial charge in [-0.05, 0) is 150 Å². The summed E-state index contributed by atoms with van der Waals surface area (Å²) in [6, 6.07) is 30.5. The molecule has 0 heterocycles. The standard InChI is InChI=1S/C46H26O12/c47-41(48)23-5-1-3-21(11-23)35-19-37(25-13-27(43(51)52)17-28(14-25)44(53)54)33-9-10-34-38(26-15-29(45(55)56)18-30(16-26)46(57)58)20-36(22-4-2-6-24(12-22)42(49)50)32-8-7-31(35)39(33)40(32)34/h1-20H,(H,47,48)(H,49,50)(H,51,52)(H,53,54)(H,55,56)(H,57,58). The molecule has 0 unspecified atom stereocenters. The molecule has 0 fully saturated rings. The molecule has 0 aliphatic carbocycles. The quantitative estimate of drug-likeness (QED) is 0.0716. The molecule has 0 aromatic heterocycles. The molecule has 0 amide bonds. The maximum atomic E-state index is 12.3. The monoisotopic (exact) mass is 770 g/mol. The maximum Gasteiger partial charge on any atom is 0.335 e. The highest BCUT2D eigenvalue weighted by Crippen LogP contribution is 2.49. The van der Waals surface area contributed by atoms with Crippen LogP contribution < -0.4 is 0 Å². The van der Waals surface area contributed by atoms with E-state index in [1.54, 1.807) is 48.5 Å². The summed E-state index contributed by atoms with van der Waals surface area (Å²) in [5.74, 6) is -7.81. The topological polar surface area (TPSA) is 224 Å². The summed E-state index contributed by atoms with van der Waals surface area (Å²) in [5.41, 5.74) is 2.09. The van der Waals surface area contributed by atoms with Crippen LogP contribution in [0.5, 0.6) is 0 Å². The van der Waals surface area contributed by atoms with Crippen molar-refractivity contribution in [3.63, 3.8) is 0 Å². The van der Waals surface area contributed by atoms with Gasteiger partial charge in [-0.15, -0.1) is 0 Å². The zero-order chi connectivity index (χ0) is 41.2. The molecule has 0 atom stereocenters. The fourth-order valence-corrected chi connectivity index (χ4v) is 7.65. The summed E-state index contributed by atoms with van der Waals surface area (Å²) in [7, 11) is 0. The van der Waals surface area contributed by atoms with Crippen molar-refractivity contribution in [2.24, 2.45) is 0 Å². The van der Waals surface area contributed by atoms with Crippen molar-refractivity contribution in [3.05, 3.63) is 155 Å². The molecule has 282 valence electrons. The average Bonchev–Trinajstić information content (AvgIpc) is 3.21. The first-order valence-electron chi connectivity index (χ1n) is 17.4. The van der Waals surface area contributed by atoms with E-state index in [4.69, 9.17) is 0 Å². The molecular weight excluding hydrogens is 744 g/mol. The summed E-state index contributed by atoms with van der Waals surface area (Å²) >= 11 is 0. The van der Waals surface area contributed by atoms with Gasteiger partial charge in [0, 0.05) is 0 Å². The average molecular weight is 771 g/mol. The van der Waals surface area contributed by atoms with Crippen LogP contribution in [0.25, 0.3) is 76.8 Å². The van der Waals surface area contributed by atoms with Gasteiger partial charge in [-0.2, -0.15) is 0 Å². The lowest BCUT2D eigenvalue weighted by atomic mass is 9.81. The fraction of sp³-hybridized carbons (Fsp3) is 0. The Morgan fingerprint density at radius 3 is 0.810 bits per heavy atom. The van der Waals surface area contributed by atoms with Crippen molar-refractivity contribution in [2.45, 2.75) is 0 Å². The molecule has 0 saturated heterocycles. The van der Waals surface area contributed by atoms with E-state index in [1.807, 2.05) is 12.1 Å². The summed E-state index contributed by atoms with van der Waals surface area (Å²) < 4.78 is 0. The summed E-state index contributed by atoms with van der Waals surface area (Å²) in [6.45, 7) is 0. The van der Waals surface area contributed by atoms with Crippen molar-refractivity contribution in [2.75, 3.05) is 0 Å². The molecule has 8 aromatic carbocycles. The lowest BCUT2D eigenvalue weighted by Gasteiger charge is -2.22. The van der Waals surface area contributed by atoms with E-state index < -0.39 is 35.8 Å². The Balaban J connectivity index is 1.60. The zero-order valence-electron chi connectivity index (χ0n) is 29.7. The Labute approximate surface area is 326 Å². The predicted molar refractivity (Wildman–Crippen MR) is 214 cm³/mol. The van der Waals surface area contributed by atoms with E-state index in [2.05, 4.69) is 0 Å². The SMILES string of the molecule is O=C(O)c1cccc(-c2cc(-c3cc(C(=O)O)cc(C(=O)O)c3)c3ccc4c(-c5cc(C(=O)O)cc(C(=O)O)c5)cc(-c5cccc(C(=O)O)c5)c5ccc2c3c54)c1. The predicted octanol–water partition coefficient (Wildman–Crippen LogP) is 9.44. The van der Waals surface area contributed by atoms with Gasteiger partial charge in [-0.1, -0.05) is 48.5 Å². The molecule has 12 heteroatoms. The maximum absolute atomic E-state index is 12.3. The molecule has 0 bridgehead atoms. The molecule has 12 nitrogen and oxygen atoms in total. The van der Waals surface area contributed by atoms with Crippen LogP contribution in [-0.4, -0.2) is 66.5 Å². The second-order valence-electron chi connectivity index (χ2n) is 13.6. The largest absolute Gasteiger partial charge is 0.478 e. The van der Waals surface area contributed by atoms with Gasteiger partial charge in [0.15, 0.2) is 0 Å². The third-order valence-corrected chi connectivity index (χ3v) is 10.2. The second kappa shape index (κ2) is 13.7. The lowest BCUT2D eigenvalue weighted by Crippen LogP contribution is -2.04. The number of carboxylic acids is 6. The lowest BCUT2D eigenvalue weighted by molar-refractivity contribution is 0.0676. The molecule has 6 N–H and O–H groups in total. The smallest absolute Gasteiger partial charge is 0.335 e. The molecule has 0 aliphatic heterocycles. The third kappa shape index (κ3) is 6.16. The van der Waals surface area contributed by atoms with Crippen molar-refractivity contribution < 1.29 is 59.4 Å². The molecule has 0 aliphatic rings. The Kier molecular flexibility index (Phi) is 8.66. The second-order valence-corrected chi connectivity index (χ2v) is 13.6. The highest BCUT2D eigenvalue weighted by atomic mass is 16.4. The van der Waals surface area contributed by atoms with Crippen LogP contribution in [0.1, 0.15) is 62.1 Å². The minimum absolute atomic E-state index is 0.0128. The Morgan fingerprint density at radius 1 is 0.276 bits per heavy atom. The van der Waals surface area contributed by atoms with E-state index in [0.717, 1.165) is 12.1 Å². The highest BCUT2D eigenvalue weighted by Gasteiger charge is 2.24. The molecule has 8 rings (SSSR count). The number of aromatic carboxylic acids is 6. The van der Waals surface area contributed by atoms with E-state index in [1.165, 1.54) is 48.5 Å². The summed E-state index contributed by atoms with van der Waals surface area (Å²) in [5, 5.41) is 63.2. The van der Waals surface area contributed by atoms with Crippen molar-refractivity contribution in [1.82, 2.24) is 0 Å². The highest BCUT2D eigenvalue weighted by molar-refractivity contribution is 6.32. The van der Waals surface area contributed by atoms with E-state index in [9.17, 15) is 59.4 Å². The first-order valence-corrected chi connectivity index (χ1v) is 17.4. The number of rotatable bonds is 10. The summed E-state index contributed by atoms with van der Waals surface area (Å²) in [6.07, 6.45) is 0. The molecule has 0 spiro atoms. The minimum atomic E-state index is -1.36. The fourth-order valence-electron chi connectivity index (χ4n) is 7.65. The summed E-state index contributed by atoms with van der Waals surface area (Å²) in [4.78, 5) is 73.3. The van der Waals surface area contributed by atoms with Gasteiger partial charge in [0.05, 0.1) is 33.4 Å². The first kappa shape index (κ1) is 36.6. The van der Waals surface area contributed by atoms with Crippen LogP contribution in [0, 0.1) is 0 Å². The van der Waals surface area contributed by atoms with Crippen LogP contribution in [0.15, 0.2) is 121 Å². The van der Waals surface area contributed by atoms with Gasteiger partial charge in [-0.3, -0.25) is 0 Å². The molecule has 0 radical (unpaired) electrons. The van der Waals surface area contributed by atoms with Crippen LogP contribution in [0.4, 0.5) is 0 Å². The van der Waals surface area contributed by atoms with Gasteiger partial charge >= 0.3 is 35.8 Å². The Hall–Kier alpha value is -8.38. The number of benzene rings is 8. The number of hydrogen-bond donors (Lipinski definition) is 6. The van der Waals surface area contributed by atoms with Gasteiger partial charge in [-0.25, -0.2) is 28.8 Å². The van der Waals surface area contributed by atoms with Gasteiger partial charge in [0.2, 0.25) is 0 Å². The van der Waals surface area contributed by atoms with E-state index in [0.29, 0.717) is 65.7 Å². The van der Waals surface area contributed by atoms with Crippen molar-refractivity contribution in [3.8, 4) is 44.5 Å². The number of carbonyl (C=O) groups is 6. The minimum Gasteiger partial charge on any atom is -0.478 e. The van der Waals surface area contributed by atoms with Crippen LogP contribution >= 0.6 is 0 Å². The van der Waals surface area contributed by atoms with Crippen LogP contribution in [0.3, 0.4) is 0 Å². The van der Waals surface area contributed by atoms with E-state index >= 15 is 0 Å². The van der Waals surface area contributed by atoms with Crippen molar-refractivity contribution in [1.29, 1.82) is 0 Å². The van der Waals surface area contributed by atoms with Crippen LogP contribution in [-0.2, 0) is 0 Å². The van der Waals surface area contributed by atoms with Crippen molar-refractivity contribution >= 4 is 68.1 Å². The van der Waals surface area contributed by atoms with Gasteiger partial charge in [0.25, 0.3) is 0 Å².